The third-order valence-corrected chi connectivity index (χ3v) is 5.78. The summed E-state index contributed by atoms with van der Waals surface area (Å²) >= 11 is 7.36. The number of benzene rings is 2. The minimum Gasteiger partial charge on any atom is -0.379 e. The average molecular weight is 391 g/mol. The Morgan fingerprint density at radius 3 is 2.69 bits per heavy atom. The SMILES string of the molecule is CC[C@@]1(c2cc(CC(=O)c3ccc(Cl)cc3)ccc2F)CCSC(N)=N1. The number of carbonyl (C=O) groups is 1. The van der Waals surface area contributed by atoms with E-state index in [-0.39, 0.29) is 18.0 Å². The van der Waals surface area contributed by atoms with E-state index in [0.717, 1.165) is 17.7 Å². The van der Waals surface area contributed by atoms with Gasteiger partial charge in [-0.2, -0.15) is 0 Å². The van der Waals surface area contributed by atoms with Gasteiger partial charge < -0.3 is 5.73 Å². The number of thioether (sulfide) groups is 1. The molecule has 0 bridgehead atoms. The standard InChI is InChI=1S/C20H20ClFN2OS/c1-2-20(9-10-26-19(23)24-20)16-11-13(3-8-17(16)22)12-18(25)14-4-6-15(21)7-5-14/h3-8,11H,2,9-10,12H2,1H3,(H2,23,24)/t20-/m0/s1. The number of nitrogens with two attached hydrogens (primary N) is 1. The number of rotatable bonds is 5. The predicted molar refractivity (Wildman–Crippen MR) is 107 cm³/mol. The molecule has 2 aromatic carbocycles. The highest BCUT2D eigenvalue weighted by Gasteiger charge is 2.35. The van der Waals surface area contributed by atoms with Gasteiger partial charge in [-0.05, 0) is 54.8 Å². The molecule has 6 heteroatoms. The molecule has 0 saturated carbocycles. The van der Waals surface area contributed by atoms with Gasteiger partial charge in [-0.15, -0.1) is 0 Å². The Kier molecular flexibility index (Phi) is 5.68. The van der Waals surface area contributed by atoms with Crippen LogP contribution in [0.2, 0.25) is 5.02 Å². The van der Waals surface area contributed by atoms with E-state index in [1.54, 1.807) is 36.4 Å². The molecule has 0 amide bonds. The first-order chi connectivity index (χ1) is 12.4. The summed E-state index contributed by atoms with van der Waals surface area (Å²) in [6.45, 7) is 1.98. The third-order valence-electron chi connectivity index (χ3n) is 4.74. The Bertz CT molecular complexity index is 853. The number of ketones is 1. The molecular weight excluding hydrogens is 371 g/mol. The minimum atomic E-state index is -0.654. The molecule has 0 fully saturated rings. The molecule has 2 N–H and O–H groups in total. The van der Waals surface area contributed by atoms with Crippen molar-refractivity contribution in [2.24, 2.45) is 10.7 Å². The van der Waals surface area contributed by atoms with Crippen LogP contribution in [0.1, 0.15) is 41.3 Å². The normalized spacial score (nSPS) is 19.9. The Labute approximate surface area is 161 Å². The largest absolute Gasteiger partial charge is 0.379 e. The van der Waals surface area contributed by atoms with Crippen LogP contribution in [-0.4, -0.2) is 16.7 Å². The van der Waals surface area contributed by atoms with Crippen LogP contribution >= 0.6 is 23.4 Å². The summed E-state index contributed by atoms with van der Waals surface area (Å²) in [5.41, 5.74) is 7.12. The van der Waals surface area contributed by atoms with Crippen molar-refractivity contribution in [2.75, 3.05) is 5.75 Å². The fraction of sp³-hybridized carbons (Fsp3) is 0.300. The van der Waals surface area contributed by atoms with Crippen molar-refractivity contribution < 1.29 is 9.18 Å². The molecule has 0 aromatic heterocycles. The Morgan fingerprint density at radius 2 is 2.04 bits per heavy atom. The van der Waals surface area contributed by atoms with Gasteiger partial charge in [0.05, 0.1) is 5.54 Å². The quantitative estimate of drug-likeness (QED) is 0.734. The van der Waals surface area contributed by atoms with Crippen LogP contribution in [-0.2, 0) is 12.0 Å². The van der Waals surface area contributed by atoms with Gasteiger partial charge in [-0.3, -0.25) is 9.79 Å². The summed E-state index contributed by atoms with van der Waals surface area (Å²) in [6.07, 6.45) is 1.57. The molecule has 0 spiro atoms. The highest BCUT2D eigenvalue weighted by atomic mass is 35.5. The average Bonchev–Trinajstić information content (AvgIpc) is 2.63. The molecule has 3 nitrogen and oxygen atoms in total. The van der Waals surface area contributed by atoms with Crippen LogP contribution in [0.15, 0.2) is 47.5 Å². The summed E-state index contributed by atoms with van der Waals surface area (Å²) in [6, 6.07) is 11.6. The van der Waals surface area contributed by atoms with Crippen molar-refractivity contribution in [3.63, 3.8) is 0 Å². The van der Waals surface area contributed by atoms with Crippen LogP contribution in [0.25, 0.3) is 0 Å². The maximum atomic E-state index is 14.6. The van der Waals surface area contributed by atoms with Crippen LogP contribution in [0, 0.1) is 5.82 Å². The highest BCUT2D eigenvalue weighted by molar-refractivity contribution is 8.13. The van der Waals surface area contributed by atoms with E-state index in [1.807, 2.05) is 6.92 Å². The molecule has 1 heterocycles. The second-order valence-corrected chi connectivity index (χ2v) is 7.91. The molecule has 1 aliphatic rings. The second kappa shape index (κ2) is 7.80. The Morgan fingerprint density at radius 1 is 1.31 bits per heavy atom. The lowest BCUT2D eigenvalue weighted by atomic mass is 9.83. The van der Waals surface area contributed by atoms with Crippen LogP contribution in [0.5, 0.6) is 0 Å². The first-order valence-corrected chi connectivity index (χ1v) is 9.86. The van der Waals surface area contributed by atoms with Gasteiger partial charge in [0.1, 0.15) is 5.82 Å². The molecule has 26 heavy (non-hydrogen) atoms. The lowest BCUT2D eigenvalue weighted by Crippen LogP contribution is -2.32. The number of aliphatic imine (C=N–C) groups is 1. The number of nitrogens with zero attached hydrogens (tertiary/aromatic N) is 1. The van der Waals surface area contributed by atoms with E-state index in [4.69, 9.17) is 17.3 Å². The van der Waals surface area contributed by atoms with Crippen molar-refractivity contribution in [1.29, 1.82) is 0 Å². The molecule has 0 radical (unpaired) electrons. The van der Waals surface area contributed by atoms with Gasteiger partial charge >= 0.3 is 0 Å². The van der Waals surface area contributed by atoms with E-state index < -0.39 is 5.54 Å². The van der Waals surface area contributed by atoms with Gasteiger partial charge in [-0.25, -0.2) is 4.39 Å². The minimum absolute atomic E-state index is 0.0352. The first-order valence-electron chi connectivity index (χ1n) is 8.49. The fourth-order valence-corrected chi connectivity index (χ4v) is 4.24. The smallest absolute Gasteiger partial charge is 0.167 e. The summed E-state index contributed by atoms with van der Waals surface area (Å²) in [5.74, 6) is 0.460. The van der Waals surface area contributed by atoms with Crippen molar-refractivity contribution in [2.45, 2.75) is 31.7 Å². The number of hydrogen-bond donors (Lipinski definition) is 1. The zero-order chi connectivity index (χ0) is 18.7. The van der Waals surface area contributed by atoms with Crippen molar-refractivity contribution in [1.82, 2.24) is 0 Å². The van der Waals surface area contributed by atoms with Gasteiger partial charge in [-0.1, -0.05) is 36.4 Å². The maximum absolute atomic E-state index is 14.6. The summed E-state index contributed by atoms with van der Waals surface area (Å²) in [7, 11) is 0. The van der Waals surface area contributed by atoms with Gasteiger partial charge in [0.2, 0.25) is 0 Å². The maximum Gasteiger partial charge on any atom is 0.167 e. The Hall–Kier alpha value is -1.85. The topological polar surface area (TPSA) is 55.5 Å². The number of halogens is 2. The van der Waals surface area contributed by atoms with Crippen molar-refractivity contribution in [3.8, 4) is 0 Å². The highest BCUT2D eigenvalue weighted by Crippen LogP contribution is 2.40. The first kappa shape index (κ1) is 18.9. The zero-order valence-corrected chi connectivity index (χ0v) is 16.0. The van der Waals surface area contributed by atoms with E-state index >= 15 is 0 Å². The number of amidine groups is 1. The van der Waals surface area contributed by atoms with Crippen LogP contribution in [0.4, 0.5) is 4.39 Å². The molecule has 0 aliphatic carbocycles. The van der Waals surface area contributed by atoms with Crippen molar-refractivity contribution in [3.05, 3.63) is 70.0 Å². The van der Waals surface area contributed by atoms with E-state index in [2.05, 4.69) is 4.99 Å². The summed E-state index contributed by atoms with van der Waals surface area (Å²) in [5, 5.41) is 1.07. The van der Waals surface area contributed by atoms with E-state index in [1.165, 1.54) is 17.8 Å². The molecular formula is C20H20ClFN2OS. The zero-order valence-electron chi connectivity index (χ0n) is 14.5. The van der Waals surface area contributed by atoms with Gasteiger partial charge in [0, 0.05) is 28.3 Å². The number of carbonyl (C=O) groups excluding carboxylic acids is 1. The number of Topliss-reactive ketones (excluding diaryl/α,β-unsaturated/α-hetero) is 1. The van der Waals surface area contributed by atoms with E-state index in [0.29, 0.717) is 27.7 Å². The monoisotopic (exact) mass is 390 g/mol. The molecule has 0 saturated heterocycles. The molecule has 136 valence electrons. The molecule has 2 aromatic rings. The van der Waals surface area contributed by atoms with Gasteiger partial charge in [0.15, 0.2) is 11.0 Å². The van der Waals surface area contributed by atoms with Crippen molar-refractivity contribution >= 4 is 34.3 Å². The van der Waals surface area contributed by atoms with Crippen LogP contribution in [0.3, 0.4) is 0 Å². The summed E-state index contributed by atoms with van der Waals surface area (Å²) < 4.78 is 14.6. The van der Waals surface area contributed by atoms with Gasteiger partial charge in [0.25, 0.3) is 0 Å². The Balaban J connectivity index is 1.91. The fourth-order valence-electron chi connectivity index (χ4n) is 3.23. The molecule has 0 unspecified atom stereocenters. The lowest BCUT2D eigenvalue weighted by molar-refractivity contribution is 0.0993. The number of hydrogen-bond acceptors (Lipinski definition) is 4. The lowest BCUT2D eigenvalue weighted by Gasteiger charge is -2.33. The molecule has 1 aliphatic heterocycles. The third kappa shape index (κ3) is 3.94. The predicted octanol–water partition coefficient (Wildman–Crippen LogP) is 4.96. The summed E-state index contributed by atoms with van der Waals surface area (Å²) in [4.78, 5) is 17.1. The van der Waals surface area contributed by atoms with Crippen LogP contribution < -0.4 is 5.73 Å². The second-order valence-electron chi connectivity index (χ2n) is 6.35. The molecule has 3 rings (SSSR count). The molecule has 1 atom stereocenters. The van der Waals surface area contributed by atoms with E-state index in [9.17, 15) is 9.18 Å².